The van der Waals surface area contributed by atoms with Gasteiger partial charge >= 0.3 is 0 Å². The number of hydrogen-bond donors (Lipinski definition) is 0. The number of ketones is 1. The van der Waals surface area contributed by atoms with Crippen molar-refractivity contribution in [3.05, 3.63) is 132 Å². The molecule has 33 heavy (non-hydrogen) atoms. The van der Waals surface area contributed by atoms with E-state index in [4.69, 9.17) is 0 Å². The summed E-state index contributed by atoms with van der Waals surface area (Å²) in [6.45, 7) is 2.60. The van der Waals surface area contributed by atoms with E-state index >= 15 is 0 Å². The van der Waals surface area contributed by atoms with Crippen LogP contribution in [0.1, 0.15) is 27.2 Å². The molecule has 0 amide bonds. The number of benzene rings is 4. The van der Waals surface area contributed by atoms with Crippen LogP contribution in [0.4, 0.5) is 11.4 Å². The summed E-state index contributed by atoms with van der Waals surface area (Å²) in [4.78, 5) is 13.8. The van der Waals surface area contributed by atoms with Gasteiger partial charge in [-0.3, -0.25) is 4.79 Å². The van der Waals surface area contributed by atoms with E-state index in [1.54, 1.807) is 0 Å². The van der Waals surface area contributed by atoms with Crippen LogP contribution in [0, 0.1) is 6.92 Å². The summed E-state index contributed by atoms with van der Waals surface area (Å²) in [6, 6.07) is 35.4. The van der Waals surface area contributed by atoms with Crippen LogP contribution in [-0.4, -0.2) is 10.4 Å². The first-order valence-corrected chi connectivity index (χ1v) is 10.9. The lowest BCUT2D eigenvalue weighted by molar-refractivity contribution is 0.103. The first kappa shape index (κ1) is 20.6. The van der Waals surface area contributed by atoms with E-state index in [0.717, 1.165) is 27.7 Å². The minimum absolute atomic E-state index is 0.0689. The number of carbonyl (C=O) groups excluding carboxylic acids is 1. The highest BCUT2D eigenvalue weighted by molar-refractivity contribution is 6.16. The molecule has 0 N–H and O–H groups in total. The lowest BCUT2D eigenvalue weighted by Crippen LogP contribution is -2.11. The molecule has 0 unspecified atom stereocenters. The maximum absolute atomic E-state index is 13.8. The molecule has 5 aromatic rings. The van der Waals surface area contributed by atoms with Gasteiger partial charge in [0.05, 0.1) is 11.2 Å². The third-order valence-electron chi connectivity index (χ3n) is 5.68. The second kappa shape index (κ2) is 9.05. The van der Waals surface area contributed by atoms with E-state index in [1.807, 2.05) is 104 Å². The number of para-hydroxylation sites is 1. The second-order valence-corrected chi connectivity index (χ2v) is 8.02. The quantitative estimate of drug-likeness (QED) is 0.202. The van der Waals surface area contributed by atoms with Crippen molar-refractivity contribution in [2.75, 3.05) is 0 Å². The van der Waals surface area contributed by atoms with Gasteiger partial charge in [-0.05, 0) is 30.7 Å². The lowest BCUT2D eigenvalue weighted by atomic mass is 10.1. The highest BCUT2D eigenvalue weighted by Gasteiger charge is 2.24. The zero-order valence-electron chi connectivity index (χ0n) is 18.3. The summed E-state index contributed by atoms with van der Waals surface area (Å²) in [7, 11) is 0. The Balaban J connectivity index is 1.72. The number of azo groups is 1. The monoisotopic (exact) mass is 429 g/mol. The molecular weight excluding hydrogens is 406 g/mol. The van der Waals surface area contributed by atoms with Crippen molar-refractivity contribution in [3.63, 3.8) is 0 Å². The number of carbonyl (C=O) groups is 1. The largest absolute Gasteiger partial charge is 0.331 e. The first-order chi connectivity index (χ1) is 16.2. The highest BCUT2D eigenvalue weighted by Crippen LogP contribution is 2.36. The third kappa shape index (κ3) is 4.23. The van der Waals surface area contributed by atoms with Crippen molar-refractivity contribution in [2.45, 2.75) is 13.5 Å². The molecule has 4 aromatic carbocycles. The van der Waals surface area contributed by atoms with Gasteiger partial charge in [-0.25, -0.2) is 0 Å². The Morgan fingerprint density at radius 1 is 0.727 bits per heavy atom. The fourth-order valence-corrected chi connectivity index (χ4v) is 3.99. The van der Waals surface area contributed by atoms with Crippen LogP contribution < -0.4 is 0 Å². The Bertz CT molecular complexity index is 1430. The van der Waals surface area contributed by atoms with Crippen LogP contribution in [0.3, 0.4) is 0 Å². The highest BCUT2D eigenvalue weighted by atomic mass is 16.1. The molecule has 1 aromatic heterocycles. The molecule has 0 atom stereocenters. The van der Waals surface area contributed by atoms with E-state index < -0.39 is 0 Å². The molecule has 0 bridgehead atoms. The smallest absolute Gasteiger partial charge is 0.211 e. The van der Waals surface area contributed by atoms with Gasteiger partial charge in [0.15, 0.2) is 0 Å². The van der Waals surface area contributed by atoms with E-state index in [9.17, 15) is 4.79 Å². The molecule has 0 saturated carbocycles. The summed E-state index contributed by atoms with van der Waals surface area (Å²) in [6.07, 6.45) is 0. The normalized spacial score (nSPS) is 11.3. The standard InChI is InChI=1S/C29H23N3O/c1-21-16-18-24(19-17-21)30-31-27-25-14-8-9-15-26(25)32(20-22-10-4-2-5-11-22)28(27)29(33)23-12-6-3-7-13-23/h2-19H,20H2,1H3/b31-30+. The lowest BCUT2D eigenvalue weighted by Gasteiger charge is -2.11. The topological polar surface area (TPSA) is 46.7 Å². The van der Waals surface area contributed by atoms with E-state index in [0.29, 0.717) is 23.5 Å². The summed E-state index contributed by atoms with van der Waals surface area (Å²) < 4.78 is 2.06. The predicted octanol–water partition coefficient (Wildman–Crippen LogP) is 7.64. The number of fused-ring (bicyclic) bond motifs is 1. The second-order valence-electron chi connectivity index (χ2n) is 8.02. The maximum atomic E-state index is 13.8. The van der Waals surface area contributed by atoms with Crippen LogP contribution >= 0.6 is 0 Å². The SMILES string of the molecule is Cc1ccc(/N=N/c2c(C(=O)c3ccccc3)n(Cc3ccccc3)c3ccccc23)cc1. The van der Waals surface area contributed by atoms with Crippen molar-refractivity contribution in [2.24, 2.45) is 10.2 Å². The Morgan fingerprint density at radius 3 is 2.09 bits per heavy atom. The summed E-state index contributed by atoms with van der Waals surface area (Å²) in [5.41, 5.74) is 5.74. The molecule has 5 rings (SSSR count). The van der Waals surface area contributed by atoms with Gasteiger partial charge in [0.2, 0.25) is 5.78 Å². The van der Waals surface area contributed by atoms with Crippen LogP contribution in [0.2, 0.25) is 0 Å². The molecule has 4 nitrogen and oxygen atoms in total. The van der Waals surface area contributed by atoms with Crippen LogP contribution in [0.5, 0.6) is 0 Å². The Kier molecular flexibility index (Phi) is 5.64. The summed E-state index contributed by atoms with van der Waals surface area (Å²) >= 11 is 0. The van der Waals surface area contributed by atoms with E-state index in [2.05, 4.69) is 26.9 Å². The Morgan fingerprint density at radius 2 is 1.36 bits per heavy atom. The van der Waals surface area contributed by atoms with Crippen LogP contribution in [0.25, 0.3) is 10.9 Å². The molecule has 0 radical (unpaired) electrons. The van der Waals surface area contributed by atoms with Gasteiger partial charge in [-0.1, -0.05) is 96.6 Å². The van der Waals surface area contributed by atoms with Crippen molar-refractivity contribution < 1.29 is 4.79 Å². The van der Waals surface area contributed by atoms with Crippen molar-refractivity contribution in [1.82, 2.24) is 4.57 Å². The minimum atomic E-state index is -0.0689. The zero-order valence-corrected chi connectivity index (χ0v) is 18.3. The summed E-state index contributed by atoms with van der Waals surface area (Å²) in [5, 5.41) is 10.0. The fraction of sp³-hybridized carbons (Fsp3) is 0.0690. The first-order valence-electron chi connectivity index (χ1n) is 10.9. The molecule has 160 valence electrons. The summed E-state index contributed by atoms with van der Waals surface area (Å²) in [5.74, 6) is -0.0689. The van der Waals surface area contributed by atoms with Crippen LogP contribution in [0.15, 0.2) is 119 Å². The number of aromatic nitrogens is 1. The van der Waals surface area contributed by atoms with E-state index in [-0.39, 0.29) is 5.78 Å². The molecule has 4 heteroatoms. The Hall–Kier alpha value is -4.31. The molecular formula is C29H23N3O. The van der Waals surface area contributed by atoms with Crippen molar-refractivity contribution in [3.8, 4) is 0 Å². The molecule has 0 aliphatic rings. The Labute approximate surface area is 192 Å². The number of aryl methyl sites for hydroxylation is 1. The fourth-order valence-electron chi connectivity index (χ4n) is 3.99. The number of nitrogens with zero attached hydrogens (tertiary/aromatic N) is 3. The third-order valence-corrected chi connectivity index (χ3v) is 5.68. The average molecular weight is 430 g/mol. The zero-order chi connectivity index (χ0) is 22.6. The van der Waals surface area contributed by atoms with Gasteiger partial charge < -0.3 is 4.57 Å². The van der Waals surface area contributed by atoms with Gasteiger partial charge in [-0.15, -0.1) is 5.11 Å². The van der Waals surface area contributed by atoms with Gasteiger partial charge in [0, 0.05) is 17.5 Å². The predicted molar refractivity (Wildman–Crippen MR) is 133 cm³/mol. The van der Waals surface area contributed by atoms with Crippen LogP contribution in [-0.2, 0) is 6.54 Å². The molecule has 0 spiro atoms. The molecule has 0 aliphatic heterocycles. The number of rotatable bonds is 6. The van der Waals surface area contributed by atoms with Gasteiger partial charge in [0.25, 0.3) is 0 Å². The molecule has 0 saturated heterocycles. The molecule has 0 aliphatic carbocycles. The maximum Gasteiger partial charge on any atom is 0.211 e. The minimum Gasteiger partial charge on any atom is -0.331 e. The molecule has 1 heterocycles. The van der Waals surface area contributed by atoms with Crippen molar-refractivity contribution >= 4 is 28.1 Å². The number of hydrogen-bond acceptors (Lipinski definition) is 3. The van der Waals surface area contributed by atoms with Gasteiger partial charge in [-0.2, -0.15) is 5.11 Å². The average Bonchev–Trinajstić information content (AvgIpc) is 3.17. The van der Waals surface area contributed by atoms with E-state index in [1.165, 1.54) is 0 Å². The van der Waals surface area contributed by atoms with Gasteiger partial charge in [0.1, 0.15) is 11.4 Å². The molecule has 0 fully saturated rings. The van der Waals surface area contributed by atoms with Crippen molar-refractivity contribution in [1.29, 1.82) is 0 Å².